The molecule has 2 amide bonds. The SMILES string of the molecule is CCCC1(C(=O)O)CCN(C(=O)NCC(C)C2CC2)C1. The van der Waals surface area contributed by atoms with E-state index < -0.39 is 11.4 Å². The molecule has 0 radical (unpaired) electrons. The van der Waals surface area contributed by atoms with Crippen molar-refractivity contribution in [2.75, 3.05) is 19.6 Å². The summed E-state index contributed by atoms with van der Waals surface area (Å²) in [5.41, 5.74) is -0.728. The molecule has 0 spiro atoms. The molecule has 1 aliphatic carbocycles. The normalized spacial score (nSPS) is 27.4. The Balaban J connectivity index is 1.84. The molecular formula is C15H26N2O3. The van der Waals surface area contributed by atoms with Gasteiger partial charge in [-0.25, -0.2) is 4.79 Å². The zero-order valence-electron chi connectivity index (χ0n) is 12.5. The maximum Gasteiger partial charge on any atom is 0.317 e. The highest BCUT2D eigenvalue weighted by atomic mass is 16.4. The number of hydrogen-bond donors (Lipinski definition) is 2. The number of likely N-dealkylation sites (tertiary alicyclic amines) is 1. The molecule has 2 unspecified atom stereocenters. The number of hydrogen-bond acceptors (Lipinski definition) is 2. The van der Waals surface area contributed by atoms with Gasteiger partial charge in [-0.3, -0.25) is 4.79 Å². The molecular weight excluding hydrogens is 256 g/mol. The third-order valence-corrected chi connectivity index (χ3v) is 4.83. The molecule has 0 bridgehead atoms. The first kappa shape index (κ1) is 15.1. The van der Waals surface area contributed by atoms with Crippen LogP contribution in [0.15, 0.2) is 0 Å². The molecule has 1 heterocycles. The van der Waals surface area contributed by atoms with Gasteiger partial charge in [0.1, 0.15) is 0 Å². The summed E-state index contributed by atoms with van der Waals surface area (Å²) in [6.07, 6.45) is 4.60. The van der Waals surface area contributed by atoms with Crippen LogP contribution in [0, 0.1) is 17.3 Å². The van der Waals surface area contributed by atoms with Crippen molar-refractivity contribution in [1.82, 2.24) is 10.2 Å². The smallest absolute Gasteiger partial charge is 0.317 e. The zero-order chi connectivity index (χ0) is 14.8. The molecule has 20 heavy (non-hydrogen) atoms. The fourth-order valence-electron chi connectivity index (χ4n) is 3.20. The van der Waals surface area contributed by atoms with Gasteiger partial charge in [0, 0.05) is 19.6 Å². The van der Waals surface area contributed by atoms with Crippen LogP contribution < -0.4 is 5.32 Å². The van der Waals surface area contributed by atoms with Gasteiger partial charge in [-0.1, -0.05) is 20.3 Å². The summed E-state index contributed by atoms with van der Waals surface area (Å²) in [5, 5.41) is 12.4. The van der Waals surface area contributed by atoms with Gasteiger partial charge in [0.25, 0.3) is 0 Å². The topological polar surface area (TPSA) is 69.6 Å². The Bertz CT molecular complexity index is 381. The van der Waals surface area contributed by atoms with E-state index in [1.807, 2.05) is 6.92 Å². The fourth-order valence-corrected chi connectivity index (χ4v) is 3.20. The van der Waals surface area contributed by atoms with Gasteiger partial charge in [0.15, 0.2) is 0 Å². The highest BCUT2D eigenvalue weighted by Gasteiger charge is 2.45. The first-order valence-electron chi connectivity index (χ1n) is 7.74. The fraction of sp³-hybridized carbons (Fsp3) is 0.867. The number of carbonyl (C=O) groups excluding carboxylic acids is 1. The monoisotopic (exact) mass is 282 g/mol. The Morgan fingerprint density at radius 3 is 2.70 bits per heavy atom. The van der Waals surface area contributed by atoms with Crippen LogP contribution in [0.2, 0.25) is 0 Å². The Morgan fingerprint density at radius 2 is 2.15 bits per heavy atom. The lowest BCUT2D eigenvalue weighted by molar-refractivity contribution is -0.148. The molecule has 2 rings (SSSR count). The first-order chi connectivity index (χ1) is 9.48. The molecule has 1 saturated carbocycles. The summed E-state index contributed by atoms with van der Waals surface area (Å²) in [5.74, 6) is 0.537. The molecule has 2 fully saturated rings. The lowest BCUT2D eigenvalue weighted by Gasteiger charge is -2.24. The number of nitrogens with one attached hydrogen (secondary N) is 1. The molecule has 1 aliphatic heterocycles. The Morgan fingerprint density at radius 1 is 1.45 bits per heavy atom. The molecule has 5 nitrogen and oxygen atoms in total. The van der Waals surface area contributed by atoms with E-state index in [1.165, 1.54) is 12.8 Å². The standard InChI is InChI=1S/C15H26N2O3/c1-3-6-15(13(18)19)7-8-17(10-15)14(20)16-9-11(2)12-4-5-12/h11-12H,3-10H2,1-2H3,(H,16,20)(H,18,19). The predicted octanol–water partition coefficient (Wildman–Crippen LogP) is 2.32. The van der Waals surface area contributed by atoms with E-state index in [9.17, 15) is 14.7 Å². The number of urea groups is 1. The molecule has 2 atom stereocenters. The van der Waals surface area contributed by atoms with E-state index in [-0.39, 0.29) is 6.03 Å². The van der Waals surface area contributed by atoms with E-state index in [1.54, 1.807) is 4.90 Å². The summed E-state index contributed by atoms with van der Waals surface area (Å²) in [4.78, 5) is 25.3. The number of aliphatic carboxylic acids is 1. The second kappa shape index (κ2) is 6.02. The molecule has 0 aromatic rings. The highest BCUT2D eigenvalue weighted by molar-refractivity contribution is 5.79. The number of amides is 2. The quantitative estimate of drug-likeness (QED) is 0.785. The Hall–Kier alpha value is -1.26. The largest absolute Gasteiger partial charge is 0.481 e. The average molecular weight is 282 g/mol. The van der Waals surface area contributed by atoms with Crippen LogP contribution in [0.25, 0.3) is 0 Å². The van der Waals surface area contributed by atoms with E-state index in [2.05, 4.69) is 12.2 Å². The molecule has 0 aromatic heterocycles. The third-order valence-electron chi connectivity index (χ3n) is 4.83. The second-order valence-electron chi connectivity index (χ2n) is 6.51. The summed E-state index contributed by atoms with van der Waals surface area (Å²) in [6, 6.07) is -0.100. The van der Waals surface area contributed by atoms with E-state index in [0.717, 1.165) is 12.3 Å². The molecule has 0 aromatic carbocycles. The number of carboxylic acid groups (broad SMARTS) is 1. The first-order valence-corrected chi connectivity index (χ1v) is 7.74. The molecule has 2 N–H and O–H groups in total. The van der Waals surface area contributed by atoms with E-state index >= 15 is 0 Å². The van der Waals surface area contributed by atoms with Crippen molar-refractivity contribution >= 4 is 12.0 Å². The van der Waals surface area contributed by atoms with Gasteiger partial charge in [0.05, 0.1) is 5.41 Å². The lowest BCUT2D eigenvalue weighted by atomic mass is 9.83. The Kier molecular flexibility index (Phi) is 4.55. The van der Waals surface area contributed by atoms with Crippen molar-refractivity contribution in [1.29, 1.82) is 0 Å². The zero-order valence-corrected chi connectivity index (χ0v) is 12.5. The van der Waals surface area contributed by atoms with Crippen LogP contribution in [-0.2, 0) is 4.79 Å². The maximum absolute atomic E-state index is 12.1. The molecule has 5 heteroatoms. The predicted molar refractivity (Wildman–Crippen MR) is 76.5 cm³/mol. The minimum Gasteiger partial charge on any atom is -0.481 e. The van der Waals surface area contributed by atoms with Crippen LogP contribution in [0.3, 0.4) is 0 Å². The number of nitrogens with zero attached hydrogens (tertiary/aromatic N) is 1. The van der Waals surface area contributed by atoms with Crippen LogP contribution in [-0.4, -0.2) is 41.6 Å². The number of carbonyl (C=O) groups is 2. The summed E-state index contributed by atoms with van der Waals surface area (Å²) in [6.45, 7) is 5.76. The third kappa shape index (κ3) is 3.25. The minimum atomic E-state index is -0.763. The second-order valence-corrected chi connectivity index (χ2v) is 6.51. The van der Waals surface area contributed by atoms with Gasteiger partial charge in [-0.2, -0.15) is 0 Å². The van der Waals surface area contributed by atoms with Crippen LogP contribution in [0.5, 0.6) is 0 Å². The summed E-state index contributed by atoms with van der Waals surface area (Å²) in [7, 11) is 0. The van der Waals surface area contributed by atoms with E-state index in [0.29, 0.717) is 38.4 Å². The van der Waals surface area contributed by atoms with Crippen LogP contribution >= 0.6 is 0 Å². The summed E-state index contributed by atoms with van der Waals surface area (Å²) < 4.78 is 0. The molecule has 1 saturated heterocycles. The van der Waals surface area contributed by atoms with E-state index in [4.69, 9.17) is 0 Å². The number of carboxylic acids is 1. The summed E-state index contributed by atoms with van der Waals surface area (Å²) >= 11 is 0. The van der Waals surface area contributed by atoms with Crippen molar-refractivity contribution < 1.29 is 14.7 Å². The van der Waals surface area contributed by atoms with Crippen molar-refractivity contribution in [3.8, 4) is 0 Å². The van der Waals surface area contributed by atoms with Gasteiger partial charge < -0.3 is 15.3 Å². The van der Waals surface area contributed by atoms with Gasteiger partial charge >= 0.3 is 12.0 Å². The highest BCUT2D eigenvalue weighted by Crippen LogP contribution is 2.37. The van der Waals surface area contributed by atoms with Gasteiger partial charge in [-0.05, 0) is 37.5 Å². The van der Waals surface area contributed by atoms with Crippen molar-refractivity contribution in [3.05, 3.63) is 0 Å². The van der Waals surface area contributed by atoms with Crippen molar-refractivity contribution in [3.63, 3.8) is 0 Å². The van der Waals surface area contributed by atoms with Gasteiger partial charge in [-0.15, -0.1) is 0 Å². The average Bonchev–Trinajstić information content (AvgIpc) is 3.17. The van der Waals surface area contributed by atoms with Crippen LogP contribution in [0.4, 0.5) is 4.79 Å². The van der Waals surface area contributed by atoms with Crippen LogP contribution in [0.1, 0.15) is 46.0 Å². The number of rotatable bonds is 6. The van der Waals surface area contributed by atoms with Crippen molar-refractivity contribution in [2.24, 2.45) is 17.3 Å². The molecule has 2 aliphatic rings. The van der Waals surface area contributed by atoms with Gasteiger partial charge in [0.2, 0.25) is 0 Å². The van der Waals surface area contributed by atoms with Crippen molar-refractivity contribution in [2.45, 2.75) is 46.0 Å². The minimum absolute atomic E-state index is 0.100. The Labute approximate surface area is 120 Å². The lowest BCUT2D eigenvalue weighted by Crippen LogP contribution is -2.43. The maximum atomic E-state index is 12.1. The molecule has 114 valence electrons.